The number of benzene rings is 1. The second-order valence-corrected chi connectivity index (χ2v) is 10.6. The standard InChI is InChI=1S/C22H34Si/c1-8-9-10-11-23(21-13-15(2)12-16(3)14-21)22-19(6)17(4)18(5)20(22)7/h12-14,19,23H,8-11H2,1-7H3. The van der Waals surface area contributed by atoms with Gasteiger partial charge in [0, 0.05) is 0 Å². The molecule has 0 saturated heterocycles. The summed E-state index contributed by atoms with van der Waals surface area (Å²) in [5.41, 5.74) is 7.64. The van der Waals surface area contributed by atoms with Crippen molar-refractivity contribution in [1.29, 1.82) is 0 Å². The van der Waals surface area contributed by atoms with E-state index in [9.17, 15) is 0 Å². The monoisotopic (exact) mass is 326 g/mol. The molecule has 2 rings (SSSR count). The van der Waals surface area contributed by atoms with Gasteiger partial charge in [-0.25, -0.2) is 0 Å². The van der Waals surface area contributed by atoms with Gasteiger partial charge >= 0.3 is 0 Å². The summed E-state index contributed by atoms with van der Waals surface area (Å²) in [6, 6.07) is 8.70. The summed E-state index contributed by atoms with van der Waals surface area (Å²) in [5, 5.41) is 3.49. The Hall–Kier alpha value is -1.08. The summed E-state index contributed by atoms with van der Waals surface area (Å²) in [6.07, 6.45) is 4.08. The second kappa shape index (κ2) is 7.66. The number of allylic oxidation sites excluding steroid dienone is 4. The van der Waals surface area contributed by atoms with Crippen molar-refractivity contribution < 1.29 is 0 Å². The number of aryl methyl sites for hydroxylation is 2. The molecule has 0 nitrogen and oxygen atoms in total. The Balaban J connectivity index is 2.43. The van der Waals surface area contributed by atoms with Gasteiger partial charge in [-0.15, -0.1) is 0 Å². The van der Waals surface area contributed by atoms with E-state index in [1.165, 1.54) is 36.4 Å². The maximum absolute atomic E-state index is 2.48. The molecule has 0 saturated carbocycles. The van der Waals surface area contributed by atoms with Crippen molar-refractivity contribution in [2.45, 2.75) is 73.8 Å². The maximum atomic E-state index is 2.48. The van der Waals surface area contributed by atoms with E-state index < -0.39 is 8.80 Å². The Bertz CT molecular complexity index is 613. The molecule has 0 heterocycles. The quantitative estimate of drug-likeness (QED) is 0.460. The lowest BCUT2D eigenvalue weighted by molar-refractivity contribution is 0.764. The first-order valence-corrected chi connectivity index (χ1v) is 11.3. The molecule has 1 aromatic rings. The van der Waals surface area contributed by atoms with Crippen LogP contribution in [0.15, 0.2) is 40.1 Å². The van der Waals surface area contributed by atoms with Gasteiger partial charge in [-0.3, -0.25) is 0 Å². The molecule has 0 spiro atoms. The van der Waals surface area contributed by atoms with Crippen molar-refractivity contribution in [1.82, 2.24) is 0 Å². The largest absolute Gasteiger partial charge is 0.0987 e. The van der Waals surface area contributed by atoms with Crippen molar-refractivity contribution in [3.8, 4) is 0 Å². The normalized spacial score (nSPS) is 19.7. The summed E-state index contributed by atoms with van der Waals surface area (Å²) in [4.78, 5) is 0. The molecule has 0 N–H and O–H groups in total. The van der Waals surface area contributed by atoms with Crippen LogP contribution in [0.3, 0.4) is 0 Å². The van der Waals surface area contributed by atoms with Crippen LogP contribution in [0.2, 0.25) is 6.04 Å². The van der Waals surface area contributed by atoms with Gasteiger partial charge in [0.25, 0.3) is 0 Å². The minimum Gasteiger partial charge on any atom is -0.0690 e. The van der Waals surface area contributed by atoms with Crippen molar-refractivity contribution in [2.24, 2.45) is 5.92 Å². The van der Waals surface area contributed by atoms with Crippen LogP contribution in [0, 0.1) is 19.8 Å². The minimum absolute atomic E-state index is 0.661. The SMILES string of the molecule is CCCCC[SiH](C1=C(C)C(C)=C(C)C1C)c1cc(C)cc(C)c1. The van der Waals surface area contributed by atoms with Crippen LogP contribution in [0.5, 0.6) is 0 Å². The average molecular weight is 327 g/mol. The van der Waals surface area contributed by atoms with Crippen molar-refractivity contribution in [3.63, 3.8) is 0 Å². The van der Waals surface area contributed by atoms with E-state index in [0.29, 0.717) is 5.92 Å². The lowest BCUT2D eigenvalue weighted by Gasteiger charge is -2.24. The molecule has 126 valence electrons. The molecular formula is C22H34Si. The summed E-state index contributed by atoms with van der Waals surface area (Å²) in [5.74, 6) is 0.661. The van der Waals surface area contributed by atoms with Crippen LogP contribution < -0.4 is 5.19 Å². The Labute approximate surface area is 145 Å². The van der Waals surface area contributed by atoms with Crippen LogP contribution in [-0.4, -0.2) is 8.80 Å². The molecule has 0 aromatic heterocycles. The molecule has 1 aliphatic rings. The molecule has 0 bridgehead atoms. The smallest absolute Gasteiger partial charge is 0.0690 e. The van der Waals surface area contributed by atoms with E-state index in [2.05, 4.69) is 66.7 Å². The highest BCUT2D eigenvalue weighted by atomic mass is 28.3. The van der Waals surface area contributed by atoms with Crippen LogP contribution in [0.4, 0.5) is 0 Å². The zero-order valence-electron chi connectivity index (χ0n) is 16.2. The predicted molar refractivity (Wildman–Crippen MR) is 107 cm³/mol. The van der Waals surface area contributed by atoms with Gasteiger partial charge in [-0.05, 0) is 46.1 Å². The topological polar surface area (TPSA) is 0 Å². The molecule has 1 heteroatoms. The average Bonchev–Trinajstić information content (AvgIpc) is 2.67. The molecule has 0 radical (unpaired) electrons. The lowest BCUT2D eigenvalue weighted by Crippen LogP contribution is -2.35. The molecule has 2 atom stereocenters. The zero-order chi connectivity index (χ0) is 17.1. The number of unbranched alkanes of at least 4 members (excludes halogenated alkanes) is 2. The number of hydrogen-bond acceptors (Lipinski definition) is 0. The molecule has 23 heavy (non-hydrogen) atoms. The van der Waals surface area contributed by atoms with Crippen LogP contribution in [0.1, 0.15) is 65.0 Å². The third-order valence-corrected chi connectivity index (χ3v) is 9.63. The van der Waals surface area contributed by atoms with Gasteiger partial charge in [0.2, 0.25) is 0 Å². The summed E-state index contributed by atoms with van der Waals surface area (Å²) < 4.78 is 0. The Kier molecular flexibility index (Phi) is 6.08. The van der Waals surface area contributed by atoms with E-state index in [4.69, 9.17) is 0 Å². The molecule has 0 aliphatic heterocycles. The first kappa shape index (κ1) is 18.3. The number of rotatable bonds is 6. The highest BCUT2D eigenvalue weighted by Crippen LogP contribution is 2.38. The van der Waals surface area contributed by atoms with Crippen molar-refractivity contribution >= 4 is 14.0 Å². The lowest BCUT2D eigenvalue weighted by atomic mass is 10.1. The minimum atomic E-state index is -1.09. The van der Waals surface area contributed by atoms with Crippen LogP contribution in [0.25, 0.3) is 0 Å². The van der Waals surface area contributed by atoms with Gasteiger partial charge < -0.3 is 0 Å². The third kappa shape index (κ3) is 3.88. The molecule has 1 aromatic carbocycles. The molecule has 0 amide bonds. The van der Waals surface area contributed by atoms with Gasteiger partial charge in [0.05, 0.1) is 8.80 Å². The van der Waals surface area contributed by atoms with Gasteiger partial charge in [0.1, 0.15) is 0 Å². The molecule has 2 unspecified atom stereocenters. The summed E-state index contributed by atoms with van der Waals surface area (Å²) in [6.45, 7) is 16.3. The van der Waals surface area contributed by atoms with E-state index in [1.54, 1.807) is 21.9 Å². The van der Waals surface area contributed by atoms with E-state index in [1.807, 2.05) is 5.20 Å². The van der Waals surface area contributed by atoms with Gasteiger partial charge in [0.15, 0.2) is 0 Å². The van der Waals surface area contributed by atoms with E-state index in [-0.39, 0.29) is 0 Å². The van der Waals surface area contributed by atoms with Crippen LogP contribution >= 0.6 is 0 Å². The Morgan fingerprint density at radius 3 is 1.96 bits per heavy atom. The van der Waals surface area contributed by atoms with E-state index in [0.717, 1.165) is 0 Å². The molecule has 1 aliphatic carbocycles. The van der Waals surface area contributed by atoms with Crippen LogP contribution in [-0.2, 0) is 0 Å². The first-order valence-electron chi connectivity index (χ1n) is 9.33. The zero-order valence-corrected chi connectivity index (χ0v) is 17.4. The maximum Gasteiger partial charge on any atom is 0.0987 e. The number of hydrogen-bond donors (Lipinski definition) is 0. The molecule has 0 fully saturated rings. The fourth-order valence-corrected chi connectivity index (χ4v) is 8.49. The van der Waals surface area contributed by atoms with Crippen molar-refractivity contribution in [3.05, 3.63) is 51.2 Å². The Morgan fingerprint density at radius 2 is 1.48 bits per heavy atom. The summed E-state index contributed by atoms with van der Waals surface area (Å²) >= 11 is 0. The fraction of sp³-hybridized carbons (Fsp3) is 0.545. The van der Waals surface area contributed by atoms with E-state index >= 15 is 0 Å². The fourth-order valence-electron chi connectivity index (χ4n) is 4.27. The Morgan fingerprint density at radius 1 is 0.870 bits per heavy atom. The first-order chi connectivity index (χ1) is 10.9. The van der Waals surface area contributed by atoms with Crippen molar-refractivity contribution in [2.75, 3.05) is 0 Å². The molecular weight excluding hydrogens is 292 g/mol. The second-order valence-electron chi connectivity index (χ2n) is 7.58. The highest BCUT2D eigenvalue weighted by molar-refractivity contribution is 6.80. The predicted octanol–water partition coefficient (Wildman–Crippen LogP) is 5.77. The van der Waals surface area contributed by atoms with Gasteiger partial charge in [-0.1, -0.05) is 90.0 Å². The third-order valence-electron chi connectivity index (χ3n) is 5.82. The van der Waals surface area contributed by atoms with Gasteiger partial charge in [-0.2, -0.15) is 0 Å². The summed E-state index contributed by atoms with van der Waals surface area (Å²) in [7, 11) is -1.09. The highest BCUT2D eigenvalue weighted by Gasteiger charge is 2.31.